The first-order valence-corrected chi connectivity index (χ1v) is 9.84. The van der Waals surface area contributed by atoms with Crippen molar-refractivity contribution in [1.29, 1.82) is 0 Å². The fourth-order valence-corrected chi connectivity index (χ4v) is 1.56. The molecule has 178 valence electrons. The van der Waals surface area contributed by atoms with Crippen LogP contribution in [0.1, 0.15) is 67.5 Å². The van der Waals surface area contributed by atoms with Crippen LogP contribution in [0, 0.1) is 6.61 Å². The van der Waals surface area contributed by atoms with Gasteiger partial charge in [0.1, 0.15) is 6.26 Å². The molecule has 1 atom stereocenters. The normalized spacial score (nSPS) is 12.2. The van der Waals surface area contributed by atoms with Gasteiger partial charge in [0.2, 0.25) is 0 Å². The maximum atomic E-state index is 4.58. The van der Waals surface area contributed by atoms with Crippen molar-refractivity contribution in [2.45, 2.75) is 62.5 Å². The first kappa shape index (κ1) is 39.8. The molecule has 4 heteroatoms. The van der Waals surface area contributed by atoms with Crippen LogP contribution in [0.25, 0.3) is 12.2 Å². The van der Waals surface area contributed by atoms with Crippen molar-refractivity contribution in [3.05, 3.63) is 90.7 Å². The molecule has 0 N–H and O–H groups in total. The van der Waals surface area contributed by atoms with Gasteiger partial charge in [0.15, 0.2) is 0 Å². The Morgan fingerprint density at radius 1 is 0.806 bits per heavy atom. The van der Waals surface area contributed by atoms with Gasteiger partial charge in [0, 0.05) is 21.1 Å². The van der Waals surface area contributed by atoms with Crippen LogP contribution in [0.4, 0.5) is 0 Å². The van der Waals surface area contributed by atoms with E-state index < -0.39 is 0 Å². The number of ether oxygens (including phenoxy) is 1. The van der Waals surface area contributed by atoms with E-state index in [0.29, 0.717) is 6.10 Å². The molecule has 1 saturated heterocycles. The van der Waals surface area contributed by atoms with Gasteiger partial charge in [-0.3, -0.25) is 0 Å². The van der Waals surface area contributed by atoms with Crippen LogP contribution >= 0.6 is 0 Å². The minimum atomic E-state index is 0. The Kier molecular flexibility index (Phi) is 42.3. The van der Waals surface area contributed by atoms with E-state index in [0.717, 1.165) is 5.56 Å². The third kappa shape index (κ3) is 30.6. The Morgan fingerprint density at radius 2 is 1.16 bits per heavy atom. The summed E-state index contributed by atoms with van der Waals surface area (Å²) in [6.07, 6.45) is 7.90. The van der Waals surface area contributed by atoms with E-state index in [2.05, 4.69) is 32.7 Å². The summed E-state index contributed by atoms with van der Waals surface area (Å²) < 4.78 is 4.58. The Bertz CT molecular complexity index is 580. The molecule has 1 unspecified atom stereocenters. The molecule has 31 heavy (non-hydrogen) atoms. The Morgan fingerprint density at radius 3 is 1.45 bits per heavy atom. The minimum absolute atomic E-state index is 0. The van der Waals surface area contributed by atoms with E-state index in [-0.39, 0.29) is 35.9 Å². The fourth-order valence-electron chi connectivity index (χ4n) is 1.56. The molecule has 0 bridgehead atoms. The zero-order valence-corrected chi connectivity index (χ0v) is 21.8. The van der Waals surface area contributed by atoms with Crippen molar-refractivity contribution in [3.63, 3.8) is 0 Å². The molecule has 0 spiro atoms. The van der Waals surface area contributed by atoms with Crippen LogP contribution < -0.4 is 0 Å². The molecule has 0 saturated carbocycles. The zero-order chi connectivity index (χ0) is 21.5. The smallest absolute Gasteiger partial charge is 0.130 e. The van der Waals surface area contributed by atoms with Crippen molar-refractivity contribution in [2.75, 3.05) is 7.11 Å². The van der Waals surface area contributed by atoms with E-state index >= 15 is 0 Å². The summed E-state index contributed by atoms with van der Waals surface area (Å²) in [7, 11) is 1.47. The molecule has 2 aromatic carbocycles. The standard InChI is InChI=1S/C9H10O2.C9H10.C3H5O.2C2H6.2CH4.W/c1-10-11-8-7-9-5-3-2-4-6-9;1-2-6-9-7-4-3-5-8-9;1-3-2-4-3;2*1-2;;;/h2-8H,1H3;2-8H,1H3;2-3H,1H3;2*1-2H3;2*1H4;/q;;-1;;;;;/b8-7+;;;;;;;. The van der Waals surface area contributed by atoms with Gasteiger partial charge in [-0.1, -0.05) is 128 Å². The fraction of sp³-hybridized carbons (Fsp3) is 0.370. The second-order valence-corrected chi connectivity index (χ2v) is 4.86. The van der Waals surface area contributed by atoms with Crippen LogP contribution in [-0.2, 0) is 35.6 Å². The molecule has 0 amide bonds. The summed E-state index contributed by atoms with van der Waals surface area (Å²) in [6, 6.07) is 20.1. The van der Waals surface area contributed by atoms with Crippen molar-refractivity contribution in [3.8, 4) is 0 Å². The molecule has 2 aromatic rings. The Hall–Kier alpha value is -1.67. The summed E-state index contributed by atoms with van der Waals surface area (Å²) in [5.74, 6) is 0. The first-order valence-electron chi connectivity index (χ1n) is 9.84. The van der Waals surface area contributed by atoms with Crippen molar-refractivity contribution >= 4 is 12.2 Å². The molecule has 1 aliphatic rings. The van der Waals surface area contributed by atoms with E-state index in [1.807, 2.05) is 102 Å². The van der Waals surface area contributed by atoms with E-state index in [4.69, 9.17) is 0 Å². The predicted octanol–water partition coefficient (Wildman–Crippen LogP) is 8.84. The van der Waals surface area contributed by atoms with Gasteiger partial charge >= 0.3 is 0 Å². The third-order valence-corrected chi connectivity index (χ3v) is 2.78. The maximum Gasteiger partial charge on any atom is 0.130 e. The number of hydrogen-bond acceptors (Lipinski definition) is 3. The summed E-state index contributed by atoms with van der Waals surface area (Å²) >= 11 is 0. The van der Waals surface area contributed by atoms with Crippen LogP contribution in [0.5, 0.6) is 0 Å². The predicted molar refractivity (Wildman–Crippen MR) is 136 cm³/mol. The average molecular weight is 601 g/mol. The number of benzene rings is 2. The summed E-state index contributed by atoms with van der Waals surface area (Å²) in [6.45, 7) is 13.8. The number of rotatable bonds is 4. The summed E-state index contributed by atoms with van der Waals surface area (Å²) in [5, 5.41) is 0. The van der Waals surface area contributed by atoms with Gasteiger partial charge in [0.05, 0.1) is 7.11 Å². The third-order valence-electron chi connectivity index (χ3n) is 2.78. The first-order chi connectivity index (χ1) is 13.8. The summed E-state index contributed by atoms with van der Waals surface area (Å²) in [4.78, 5) is 8.93. The van der Waals surface area contributed by atoms with Gasteiger partial charge in [-0.05, 0) is 24.1 Å². The minimum Gasteiger partial charge on any atom is -0.570 e. The average Bonchev–Trinajstić information content (AvgIpc) is 3.56. The molecular formula is C27H45O3W-. The SMILES string of the molecule is C.C.CC.CC.CC1[CH-]O1.CC=Cc1ccccc1.COO/C=C/c1ccccc1.[W]. The van der Waals surface area contributed by atoms with Gasteiger partial charge in [0.25, 0.3) is 0 Å². The number of allylic oxidation sites excluding steroid dienone is 1. The topological polar surface area (TPSA) is 31.0 Å². The Balaban J connectivity index is -0.000000102. The zero-order valence-electron chi connectivity index (χ0n) is 18.9. The molecule has 1 heterocycles. The van der Waals surface area contributed by atoms with Gasteiger partial charge in [-0.15, -0.1) is 0 Å². The number of epoxide rings is 1. The van der Waals surface area contributed by atoms with Gasteiger partial charge < -0.3 is 9.62 Å². The Labute approximate surface area is 207 Å². The molecule has 1 aliphatic heterocycles. The van der Waals surface area contributed by atoms with Gasteiger partial charge in [-0.25, -0.2) is 0 Å². The molecule has 1 fully saturated rings. The molecule has 0 aromatic heterocycles. The molecule has 0 radical (unpaired) electrons. The van der Waals surface area contributed by atoms with E-state index in [1.54, 1.807) is 6.61 Å². The molecular weight excluding hydrogens is 556 g/mol. The second kappa shape index (κ2) is 33.0. The summed E-state index contributed by atoms with van der Waals surface area (Å²) in [5.41, 5.74) is 2.35. The van der Waals surface area contributed by atoms with Crippen LogP contribution in [-0.4, -0.2) is 13.2 Å². The van der Waals surface area contributed by atoms with E-state index in [1.165, 1.54) is 18.9 Å². The van der Waals surface area contributed by atoms with Crippen LogP contribution in [0.2, 0.25) is 0 Å². The monoisotopic (exact) mass is 601 g/mol. The number of hydrogen-bond donors (Lipinski definition) is 0. The van der Waals surface area contributed by atoms with Crippen LogP contribution in [0.15, 0.2) is 73.0 Å². The van der Waals surface area contributed by atoms with Crippen molar-refractivity contribution < 1.29 is 35.6 Å². The van der Waals surface area contributed by atoms with Crippen LogP contribution in [0.3, 0.4) is 0 Å². The van der Waals surface area contributed by atoms with E-state index in [9.17, 15) is 0 Å². The molecule has 0 aliphatic carbocycles. The van der Waals surface area contributed by atoms with Crippen molar-refractivity contribution in [2.24, 2.45) is 0 Å². The quantitative estimate of drug-likeness (QED) is 0.115. The van der Waals surface area contributed by atoms with Crippen molar-refractivity contribution in [1.82, 2.24) is 0 Å². The largest absolute Gasteiger partial charge is 0.570 e. The second-order valence-electron chi connectivity index (χ2n) is 4.86. The molecule has 3 nitrogen and oxygen atoms in total. The van der Waals surface area contributed by atoms with Gasteiger partial charge in [-0.2, -0.15) is 11.5 Å². The maximum absolute atomic E-state index is 4.58. The molecule has 3 rings (SSSR count).